The van der Waals surface area contributed by atoms with Crippen molar-refractivity contribution < 1.29 is 28.9 Å². The van der Waals surface area contributed by atoms with Gasteiger partial charge in [0.25, 0.3) is 0 Å². The molecule has 0 aliphatic carbocycles. The third-order valence-corrected chi connectivity index (χ3v) is 3.60. The minimum atomic E-state index is -1.07. The first-order chi connectivity index (χ1) is 11.7. The van der Waals surface area contributed by atoms with Crippen molar-refractivity contribution in [2.75, 3.05) is 13.2 Å². The van der Waals surface area contributed by atoms with Gasteiger partial charge in [-0.15, -0.1) is 0 Å². The first-order valence-corrected chi connectivity index (χ1v) is 8.31. The zero-order valence-corrected chi connectivity index (χ0v) is 15.0. The van der Waals surface area contributed by atoms with Gasteiger partial charge in [0.15, 0.2) is 0 Å². The van der Waals surface area contributed by atoms with Crippen molar-refractivity contribution in [1.82, 2.24) is 4.90 Å². The van der Waals surface area contributed by atoms with E-state index in [9.17, 15) is 14.7 Å². The van der Waals surface area contributed by atoms with Crippen LogP contribution in [0.25, 0.3) is 0 Å². The Balaban J connectivity index is 2.07. The van der Waals surface area contributed by atoms with Crippen LogP contribution < -0.4 is 9.47 Å². The van der Waals surface area contributed by atoms with E-state index in [0.717, 1.165) is 0 Å². The number of rotatable bonds is 5. The number of benzene rings is 1. The van der Waals surface area contributed by atoms with Crippen molar-refractivity contribution in [3.8, 4) is 11.5 Å². The van der Waals surface area contributed by atoms with Crippen LogP contribution in [0.15, 0.2) is 24.3 Å². The fourth-order valence-electron chi connectivity index (χ4n) is 2.64. The molecule has 1 N–H and O–H groups in total. The van der Waals surface area contributed by atoms with Crippen molar-refractivity contribution in [2.45, 2.75) is 51.9 Å². The first kappa shape index (κ1) is 18.9. The van der Waals surface area contributed by atoms with Crippen LogP contribution in [0.2, 0.25) is 0 Å². The molecule has 1 aromatic carbocycles. The maximum absolute atomic E-state index is 12.3. The molecular formula is C18H25NO6. The van der Waals surface area contributed by atoms with Crippen LogP contribution in [0, 0.1) is 0 Å². The minimum absolute atomic E-state index is 0.157. The molecule has 1 heterocycles. The highest BCUT2D eigenvalue weighted by atomic mass is 16.6. The highest BCUT2D eigenvalue weighted by Gasteiger charge is 2.42. The summed E-state index contributed by atoms with van der Waals surface area (Å²) in [5.41, 5.74) is -0.690. The molecule has 7 heteroatoms. The summed E-state index contributed by atoms with van der Waals surface area (Å²) in [7, 11) is 0. The quantitative estimate of drug-likeness (QED) is 0.878. The number of carboxylic acid groups (broad SMARTS) is 1. The van der Waals surface area contributed by atoms with Crippen LogP contribution in [0.3, 0.4) is 0 Å². The molecule has 1 amide bonds. The summed E-state index contributed by atoms with van der Waals surface area (Å²) in [6.07, 6.45) is -0.868. The van der Waals surface area contributed by atoms with Crippen LogP contribution in [0.5, 0.6) is 11.5 Å². The fraction of sp³-hybridized carbons (Fsp3) is 0.556. The lowest BCUT2D eigenvalue weighted by Gasteiger charge is -2.26. The zero-order chi connectivity index (χ0) is 18.6. The summed E-state index contributed by atoms with van der Waals surface area (Å²) in [6, 6.07) is 6.17. The second-order valence-electron chi connectivity index (χ2n) is 6.87. The van der Waals surface area contributed by atoms with Crippen molar-refractivity contribution in [3.05, 3.63) is 24.3 Å². The molecule has 2 rings (SSSR count). The van der Waals surface area contributed by atoms with E-state index in [1.54, 1.807) is 39.0 Å². The molecule has 1 fully saturated rings. The molecule has 0 saturated carbocycles. The van der Waals surface area contributed by atoms with Crippen LogP contribution >= 0.6 is 0 Å². The number of likely N-dealkylation sites (tertiary alicyclic amines) is 1. The molecule has 2 atom stereocenters. The number of carbonyl (C=O) groups is 2. The minimum Gasteiger partial charge on any atom is -0.494 e. The highest BCUT2D eigenvalue weighted by molar-refractivity contribution is 5.81. The molecule has 2 unspecified atom stereocenters. The Labute approximate surface area is 147 Å². The number of carbonyl (C=O) groups excluding carboxylic acids is 1. The molecule has 1 aliphatic heterocycles. The Morgan fingerprint density at radius 3 is 2.56 bits per heavy atom. The van der Waals surface area contributed by atoms with Gasteiger partial charge in [-0.2, -0.15) is 0 Å². The predicted octanol–water partition coefficient (Wildman–Crippen LogP) is 2.93. The Morgan fingerprint density at radius 2 is 1.96 bits per heavy atom. The highest BCUT2D eigenvalue weighted by Crippen LogP contribution is 2.27. The largest absolute Gasteiger partial charge is 0.494 e. The van der Waals surface area contributed by atoms with Gasteiger partial charge < -0.3 is 19.3 Å². The van der Waals surface area contributed by atoms with Crippen molar-refractivity contribution in [1.29, 1.82) is 0 Å². The van der Waals surface area contributed by atoms with E-state index in [4.69, 9.17) is 14.2 Å². The van der Waals surface area contributed by atoms with Crippen LogP contribution in [0.1, 0.15) is 34.1 Å². The van der Waals surface area contributed by atoms with Crippen LogP contribution in [-0.4, -0.2) is 53.0 Å². The summed E-state index contributed by atoms with van der Waals surface area (Å²) in [4.78, 5) is 25.0. The van der Waals surface area contributed by atoms with Crippen molar-refractivity contribution in [3.63, 3.8) is 0 Å². The summed E-state index contributed by atoms with van der Waals surface area (Å²) in [5.74, 6) is 0.183. The van der Waals surface area contributed by atoms with E-state index in [0.29, 0.717) is 18.1 Å². The number of hydrogen-bond acceptors (Lipinski definition) is 5. The molecule has 0 spiro atoms. The number of carboxylic acids is 1. The Morgan fingerprint density at radius 1 is 1.28 bits per heavy atom. The van der Waals surface area contributed by atoms with E-state index in [1.807, 2.05) is 13.0 Å². The maximum atomic E-state index is 12.3. The van der Waals surface area contributed by atoms with Gasteiger partial charge in [0.1, 0.15) is 29.2 Å². The molecule has 1 aromatic rings. The molecule has 138 valence electrons. The monoisotopic (exact) mass is 351 g/mol. The van der Waals surface area contributed by atoms with E-state index in [2.05, 4.69) is 0 Å². The number of hydrogen-bond donors (Lipinski definition) is 1. The van der Waals surface area contributed by atoms with E-state index >= 15 is 0 Å². The topological polar surface area (TPSA) is 85.3 Å². The second-order valence-corrected chi connectivity index (χ2v) is 6.87. The van der Waals surface area contributed by atoms with Gasteiger partial charge in [0, 0.05) is 12.5 Å². The van der Waals surface area contributed by atoms with Gasteiger partial charge in [-0.05, 0) is 39.8 Å². The standard InChI is InChI=1S/C18H25NO6/c1-5-23-12-7-6-8-13(9-12)24-14-10-15(16(20)21)19(11-14)17(22)25-18(2,3)4/h6-9,14-15H,5,10-11H2,1-4H3,(H,20,21). The van der Waals surface area contributed by atoms with Crippen LogP contribution in [0.4, 0.5) is 4.79 Å². The first-order valence-electron chi connectivity index (χ1n) is 8.31. The van der Waals surface area contributed by atoms with Gasteiger partial charge in [-0.3, -0.25) is 4.90 Å². The Kier molecular flexibility index (Phi) is 5.77. The van der Waals surface area contributed by atoms with Crippen molar-refractivity contribution in [2.24, 2.45) is 0 Å². The van der Waals surface area contributed by atoms with Gasteiger partial charge in [-0.1, -0.05) is 6.07 Å². The lowest BCUT2D eigenvalue weighted by molar-refractivity contribution is -0.142. The van der Waals surface area contributed by atoms with E-state index < -0.39 is 29.8 Å². The third-order valence-electron chi connectivity index (χ3n) is 3.60. The third kappa shape index (κ3) is 5.27. The molecule has 0 radical (unpaired) electrons. The predicted molar refractivity (Wildman–Crippen MR) is 91.0 cm³/mol. The Hall–Kier alpha value is -2.44. The Bertz CT molecular complexity index is 624. The van der Waals surface area contributed by atoms with Gasteiger partial charge in [-0.25, -0.2) is 9.59 Å². The lowest BCUT2D eigenvalue weighted by Crippen LogP contribution is -2.43. The second kappa shape index (κ2) is 7.63. The fourth-order valence-corrected chi connectivity index (χ4v) is 2.64. The molecule has 25 heavy (non-hydrogen) atoms. The average Bonchev–Trinajstić information content (AvgIpc) is 2.90. The summed E-state index contributed by atoms with van der Waals surface area (Å²) in [5, 5.41) is 9.40. The van der Waals surface area contributed by atoms with Crippen LogP contribution in [-0.2, 0) is 9.53 Å². The molecule has 1 saturated heterocycles. The van der Waals surface area contributed by atoms with Crippen molar-refractivity contribution >= 4 is 12.1 Å². The zero-order valence-electron chi connectivity index (χ0n) is 15.0. The maximum Gasteiger partial charge on any atom is 0.411 e. The SMILES string of the molecule is CCOc1cccc(OC2CC(C(=O)O)N(C(=O)OC(C)(C)C)C2)c1. The molecular weight excluding hydrogens is 326 g/mol. The summed E-state index contributed by atoms with van der Waals surface area (Å²) < 4.78 is 16.6. The molecule has 0 aromatic heterocycles. The summed E-state index contributed by atoms with van der Waals surface area (Å²) >= 11 is 0. The smallest absolute Gasteiger partial charge is 0.411 e. The van der Waals surface area contributed by atoms with Gasteiger partial charge in [0.2, 0.25) is 0 Å². The van der Waals surface area contributed by atoms with E-state index in [-0.39, 0.29) is 13.0 Å². The number of ether oxygens (including phenoxy) is 3. The number of nitrogens with zero attached hydrogens (tertiary/aromatic N) is 1. The molecule has 0 bridgehead atoms. The van der Waals surface area contributed by atoms with E-state index in [1.165, 1.54) is 4.90 Å². The lowest BCUT2D eigenvalue weighted by atomic mass is 10.2. The van der Waals surface area contributed by atoms with Gasteiger partial charge >= 0.3 is 12.1 Å². The molecule has 7 nitrogen and oxygen atoms in total. The molecule has 1 aliphatic rings. The number of aliphatic carboxylic acids is 1. The normalized spacial score (nSPS) is 20.2. The van der Waals surface area contributed by atoms with Gasteiger partial charge in [0.05, 0.1) is 13.2 Å². The number of amides is 1. The summed E-state index contributed by atoms with van der Waals surface area (Å²) in [6.45, 7) is 7.81. The average molecular weight is 351 g/mol.